The van der Waals surface area contributed by atoms with E-state index in [1.807, 2.05) is 38.8 Å². The highest BCUT2D eigenvalue weighted by Gasteiger charge is 2.25. The molecule has 2 rings (SSSR count). The molecule has 1 amide bonds. The second-order valence-corrected chi connectivity index (χ2v) is 9.17. The number of nitriles is 1. The van der Waals surface area contributed by atoms with E-state index < -0.39 is 11.2 Å². The van der Waals surface area contributed by atoms with Crippen molar-refractivity contribution >= 4 is 34.8 Å². The molecule has 0 aliphatic carbocycles. The SMILES string of the molecule is CC(=O)NC[C@H]1CS/C(=N/C(=C(/C#N)C=O)c2cnc(C(C)(C)C)c(F)c2)N(C)C1. The third-order valence-corrected chi connectivity index (χ3v) is 5.77. The number of aldehydes is 1. The number of pyridine rings is 1. The number of hydrogen-bond acceptors (Lipinski definition) is 6. The molecule has 1 saturated heterocycles. The van der Waals surface area contributed by atoms with Crippen molar-refractivity contribution in [2.75, 3.05) is 25.9 Å². The van der Waals surface area contributed by atoms with Gasteiger partial charge >= 0.3 is 0 Å². The van der Waals surface area contributed by atoms with E-state index in [1.54, 1.807) is 0 Å². The number of amides is 1. The maximum atomic E-state index is 14.7. The highest BCUT2D eigenvalue weighted by molar-refractivity contribution is 8.13. The molecule has 160 valence electrons. The van der Waals surface area contributed by atoms with E-state index in [2.05, 4.69) is 15.3 Å². The molecule has 1 aromatic heterocycles. The third-order valence-electron chi connectivity index (χ3n) is 4.47. The number of thioether (sulfide) groups is 1. The number of rotatable bonds is 5. The molecule has 7 nitrogen and oxygen atoms in total. The number of halogens is 1. The van der Waals surface area contributed by atoms with Crippen LogP contribution in [0.25, 0.3) is 5.70 Å². The number of nitrogens with zero attached hydrogens (tertiary/aromatic N) is 4. The zero-order valence-electron chi connectivity index (χ0n) is 17.8. The fourth-order valence-electron chi connectivity index (χ4n) is 2.98. The summed E-state index contributed by atoms with van der Waals surface area (Å²) in [5.41, 5.74) is -0.0156. The van der Waals surface area contributed by atoms with Gasteiger partial charge in [-0.05, 0) is 6.07 Å². The number of amidine groups is 1. The molecule has 9 heteroatoms. The van der Waals surface area contributed by atoms with Crippen LogP contribution in [-0.4, -0.2) is 53.1 Å². The lowest BCUT2D eigenvalue weighted by atomic mass is 9.91. The fraction of sp³-hybridized carbons (Fsp3) is 0.476. The van der Waals surface area contributed by atoms with Crippen molar-refractivity contribution < 1.29 is 14.0 Å². The first-order valence-electron chi connectivity index (χ1n) is 9.49. The van der Waals surface area contributed by atoms with Gasteiger partial charge in [-0.15, -0.1) is 0 Å². The predicted octanol–water partition coefficient (Wildman–Crippen LogP) is 2.74. The van der Waals surface area contributed by atoms with Crippen LogP contribution in [0.1, 0.15) is 39.0 Å². The van der Waals surface area contributed by atoms with Gasteiger partial charge in [0, 0.05) is 55.9 Å². The normalized spacial score (nSPS) is 19.2. The van der Waals surface area contributed by atoms with Crippen molar-refractivity contribution in [2.24, 2.45) is 10.9 Å². The van der Waals surface area contributed by atoms with Gasteiger partial charge in [0.05, 0.1) is 11.4 Å². The third kappa shape index (κ3) is 5.89. The molecule has 1 aliphatic rings. The molecule has 2 heterocycles. The van der Waals surface area contributed by atoms with Gasteiger partial charge in [-0.1, -0.05) is 32.5 Å². The largest absolute Gasteiger partial charge is 0.356 e. The van der Waals surface area contributed by atoms with Gasteiger partial charge in [0.1, 0.15) is 17.5 Å². The fourth-order valence-corrected chi connectivity index (χ4v) is 4.04. The van der Waals surface area contributed by atoms with Crippen molar-refractivity contribution in [3.05, 3.63) is 34.9 Å². The minimum absolute atomic E-state index is 0.0785. The zero-order chi connectivity index (χ0) is 22.5. The summed E-state index contributed by atoms with van der Waals surface area (Å²) in [4.78, 5) is 33.2. The van der Waals surface area contributed by atoms with E-state index in [0.29, 0.717) is 30.2 Å². The Hall–Kier alpha value is -2.73. The number of aliphatic imine (C=N–C) groups is 1. The van der Waals surface area contributed by atoms with Gasteiger partial charge in [-0.3, -0.25) is 14.6 Å². The van der Waals surface area contributed by atoms with Crippen LogP contribution in [0, 0.1) is 23.1 Å². The lowest BCUT2D eigenvalue weighted by Gasteiger charge is -2.32. The molecule has 0 saturated carbocycles. The Labute approximate surface area is 180 Å². The van der Waals surface area contributed by atoms with Gasteiger partial charge in [0.15, 0.2) is 11.5 Å². The van der Waals surface area contributed by atoms with Crippen LogP contribution in [0.3, 0.4) is 0 Å². The van der Waals surface area contributed by atoms with Crippen LogP contribution in [0.4, 0.5) is 4.39 Å². The van der Waals surface area contributed by atoms with Crippen molar-refractivity contribution in [2.45, 2.75) is 33.1 Å². The van der Waals surface area contributed by atoms with Crippen LogP contribution < -0.4 is 5.32 Å². The second kappa shape index (κ2) is 9.85. The van der Waals surface area contributed by atoms with E-state index in [-0.39, 0.29) is 28.7 Å². The van der Waals surface area contributed by atoms with Crippen LogP contribution in [0.15, 0.2) is 22.8 Å². The zero-order valence-corrected chi connectivity index (χ0v) is 18.6. The van der Waals surface area contributed by atoms with Crippen LogP contribution in [-0.2, 0) is 15.0 Å². The Morgan fingerprint density at radius 3 is 2.73 bits per heavy atom. The van der Waals surface area contributed by atoms with E-state index in [4.69, 9.17) is 0 Å². The summed E-state index contributed by atoms with van der Waals surface area (Å²) in [5, 5.41) is 12.8. The summed E-state index contributed by atoms with van der Waals surface area (Å²) in [7, 11) is 1.85. The van der Waals surface area contributed by atoms with Gasteiger partial charge in [-0.25, -0.2) is 9.38 Å². The lowest BCUT2D eigenvalue weighted by Crippen LogP contribution is -2.41. The smallest absolute Gasteiger partial charge is 0.216 e. The molecule has 0 spiro atoms. The minimum atomic E-state index is -0.513. The quantitative estimate of drug-likeness (QED) is 0.437. The molecular formula is C21H26FN5O2S. The summed E-state index contributed by atoms with van der Waals surface area (Å²) in [6.07, 6.45) is 1.86. The lowest BCUT2D eigenvalue weighted by molar-refractivity contribution is -0.119. The Morgan fingerprint density at radius 1 is 1.53 bits per heavy atom. The maximum Gasteiger partial charge on any atom is 0.216 e. The Balaban J connectivity index is 2.38. The molecule has 1 aliphatic heterocycles. The van der Waals surface area contributed by atoms with Crippen molar-refractivity contribution in [1.82, 2.24) is 15.2 Å². The Bertz CT molecular complexity index is 930. The molecule has 0 radical (unpaired) electrons. The molecule has 0 aromatic carbocycles. The predicted molar refractivity (Wildman–Crippen MR) is 116 cm³/mol. The molecule has 1 N–H and O–H groups in total. The number of allylic oxidation sites excluding steroid dienone is 1. The second-order valence-electron chi connectivity index (χ2n) is 8.19. The average molecular weight is 432 g/mol. The van der Waals surface area contributed by atoms with Crippen LogP contribution in [0.5, 0.6) is 0 Å². The highest BCUT2D eigenvalue weighted by atomic mass is 32.2. The molecule has 1 atom stereocenters. The van der Waals surface area contributed by atoms with Gasteiger partial charge < -0.3 is 10.2 Å². The van der Waals surface area contributed by atoms with Crippen LogP contribution in [0.2, 0.25) is 0 Å². The number of nitrogens with one attached hydrogen (secondary N) is 1. The van der Waals surface area contributed by atoms with Crippen molar-refractivity contribution in [3.63, 3.8) is 0 Å². The van der Waals surface area contributed by atoms with Crippen molar-refractivity contribution in [3.8, 4) is 6.07 Å². The molecular weight excluding hydrogens is 405 g/mol. The average Bonchev–Trinajstić information content (AvgIpc) is 2.66. The Morgan fingerprint density at radius 2 is 2.23 bits per heavy atom. The van der Waals surface area contributed by atoms with Gasteiger partial charge in [0.2, 0.25) is 5.91 Å². The van der Waals surface area contributed by atoms with Crippen LogP contribution >= 0.6 is 11.8 Å². The Kier molecular flexibility index (Phi) is 7.73. The van der Waals surface area contributed by atoms with E-state index in [9.17, 15) is 19.2 Å². The van der Waals surface area contributed by atoms with Crippen molar-refractivity contribution in [1.29, 1.82) is 5.26 Å². The molecule has 30 heavy (non-hydrogen) atoms. The number of carbonyl (C=O) groups is 2. The van der Waals surface area contributed by atoms with E-state index in [0.717, 1.165) is 5.75 Å². The number of carbonyl (C=O) groups excluding carboxylic acids is 2. The topological polar surface area (TPSA) is 98.4 Å². The minimum Gasteiger partial charge on any atom is -0.356 e. The number of aromatic nitrogens is 1. The van der Waals surface area contributed by atoms with E-state index in [1.165, 1.54) is 30.9 Å². The van der Waals surface area contributed by atoms with Gasteiger partial charge in [-0.2, -0.15) is 5.26 Å². The standard InChI is InChI=1S/C21H26FN5O2S/c1-13(29)24-8-14-10-27(5)20(30-12-14)26-18(16(7-23)11-28)15-6-17(22)19(25-9-15)21(2,3)4/h6,9,11,14H,8,10,12H2,1-5H3,(H,24,29)/b18-16-,26-20+/t14-/m1/s1. The first kappa shape index (κ1) is 23.5. The first-order chi connectivity index (χ1) is 14.1. The van der Waals surface area contributed by atoms with Gasteiger partial charge in [0.25, 0.3) is 0 Å². The molecule has 1 fully saturated rings. The summed E-state index contributed by atoms with van der Waals surface area (Å²) in [6.45, 7) is 8.25. The molecule has 0 unspecified atom stereocenters. The monoisotopic (exact) mass is 431 g/mol. The maximum absolute atomic E-state index is 14.7. The summed E-state index contributed by atoms with van der Waals surface area (Å²) in [5.74, 6) is 0.364. The highest BCUT2D eigenvalue weighted by Crippen LogP contribution is 2.29. The van der Waals surface area contributed by atoms with E-state index >= 15 is 0 Å². The molecule has 0 bridgehead atoms. The molecule has 1 aromatic rings. The number of hydrogen-bond donors (Lipinski definition) is 1. The summed E-state index contributed by atoms with van der Waals surface area (Å²) < 4.78 is 14.7. The summed E-state index contributed by atoms with van der Waals surface area (Å²) >= 11 is 1.46. The first-order valence-corrected chi connectivity index (χ1v) is 10.5. The summed E-state index contributed by atoms with van der Waals surface area (Å²) in [6, 6.07) is 3.10.